The summed E-state index contributed by atoms with van der Waals surface area (Å²) in [6.07, 6.45) is 8.00. The Labute approximate surface area is 182 Å². The standard InChI is InChI=1S/C27H27NO3/c29-24(22-15-28-23-9-5-4-8-21(22)23)16-31-25(30)27-13-18-10-19(14-27)12-26(11-18,17-27)20-6-2-1-3-7-20/h1-9,15,18-19,28H,10-14,16-17H2/t18-,19+,26?,27?. The van der Waals surface area contributed by atoms with Crippen molar-refractivity contribution in [2.75, 3.05) is 6.61 Å². The summed E-state index contributed by atoms with van der Waals surface area (Å²) in [5.41, 5.74) is 2.54. The molecule has 1 heterocycles. The zero-order chi connectivity index (χ0) is 21.1. The lowest BCUT2D eigenvalue weighted by Crippen LogP contribution is -2.57. The molecule has 0 radical (unpaired) electrons. The maximum Gasteiger partial charge on any atom is 0.312 e. The second-order valence-electron chi connectivity index (χ2n) is 10.1. The highest BCUT2D eigenvalue weighted by atomic mass is 16.5. The predicted molar refractivity (Wildman–Crippen MR) is 119 cm³/mol. The van der Waals surface area contributed by atoms with Gasteiger partial charge in [-0.1, -0.05) is 48.5 Å². The monoisotopic (exact) mass is 413 g/mol. The van der Waals surface area contributed by atoms with Crippen molar-refractivity contribution >= 4 is 22.7 Å². The normalized spacial score (nSPS) is 31.1. The molecule has 4 aliphatic rings. The first-order chi connectivity index (χ1) is 15.1. The van der Waals surface area contributed by atoms with Gasteiger partial charge in [0.25, 0.3) is 0 Å². The van der Waals surface area contributed by atoms with Gasteiger partial charge in [0.2, 0.25) is 5.78 Å². The van der Waals surface area contributed by atoms with Gasteiger partial charge in [-0.15, -0.1) is 0 Å². The maximum absolute atomic E-state index is 13.4. The minimum atomic E-state index is -0.430. The Hall–Kier alpha value is -2.88. The molecule has 1 N–H and O–H groups in total. The molecule has 4 atom stereocenters. The number of hydrogen-bond acceptors (Lipinski definition) is 3. The lowest BCUT2D eigenvalue weighted by Gasteiger charge is -2.61. The number of aromatic amines is 1. The molecule has 4 saturated carbocycles. The largest absolute Gasteiger partial charge is 0.457 e. The molecule has 3 aromatic rings. The van der Waals surface area contributed by atoms with Gasteiger partial charge in [0, 0.05) is 22.7 Å². The molecule has 158 valence electrons. The van der Waals surface area contributed by atoms with E-state index in [2.05, 4.69) is 35.3 Å². The Morgan fingerprint density at radius 2 is 1.65 bits per heavy atom. The van der Waals surface area contributed by atoms with E-state index in [9.17, 15) is 9.59 Å². The number of esters is 1. The number of aromatic nitrogens is 1. The van der Waals surface area contributed by atoms with E-state index in [1.165, 1.54) is 24.8 Å². The van der Waals surface area contributed by atoms with E-state index >= 15 is 0 Å². The molecule has 4 heteroatoms. The first kappa shape index (κ1) is 18.9. The number of hydrogen-bond donors (Lipinski definition) is 1. The molecular formula is C27H27NO3. The lowest BCUT2D eigenvalue weighted by atomic mass is 9.43. The number of rotatable bonds is 5. The Balaban J connectivity index is 1.23. The summed E-state index contributed by atoms with van der Waals surface area (Å²) in [5, 5.41) is 0.876. The van der Waals surface area contributed by atoms with Crippen LogP contribution in [0.4, 0.5) is 0 Å². The van der Waals surface area contributed by atoms with Crippen LogP contribution in [-0.4, -0.2) is 23.3 Å². The third-order valence-electron chi connectivity index (χ3n) is 8.10. The predicted octanol–water partition coefficient (Wildman–Crippen LogP) is 5.43. The van der Waals surface area contributed by atoms with Gasteiger partial charge in [0.15, 0.2) is 6.61 Å². The average Bonchev–Trinajstić information content (AvgIpc) is 3.21. The SMILES string of the molecule is O=C(COC(=O)C12C[C@H]3C[C@@H](C1)CC(c1ccccc1)(C3)C2)c1c[nH]c2ccccc12. The van der Waals surface area contributed by atoms with Gasteiger partial charge in [-0.05, 0) is 67.4 Å². The summed E-state index contributed by atoms with van der Waals surface area (Å²) < 4.78 is 5.74. The molecule has 0 spiro atoms. The van der Waals surface area contributed by atoms with Gasteiger partial charge in [-0.2, -0.15) is 0 Å². The summed E-state index contributed by atoms with van der Waals surface area (Å²) in [7, 11) is 0. The molecule has 4 fully saturated rings. The zero-order valence-corrected chi connectivity index (χ0v) is 17.6. The average molecular weight is 414 g/mol. The number of carbonyl (C=O) groups is 2. The summed E-state index contributed by atoms with van der Waals surface area (Å²) in [5.74, 6) is 0.861. The molecule has 4 nitrogen and oxygen atoms in total. The van der Waals surface area contributed by atoms with Gasteiger partial charge in [-0.25, -0.2) is 0 Å². The Kier molecular flexibility index (Phi) is 4.14. The van der Waals surface area contributed by atoms with Crippen LogP contribution in [0.3, 0.4) is 0 Å². The molecular weight excluding hydrogens is 386 g/mol. The number of fused-ring (bicyclic) bond motifs is 1. The highest BCUT2D eigenvalue weighted by molar-refractivity contribution is 6.08. The van der Waals surface area contributed by atoms with Gasteiger partial charge in [0.05, 0.1) is 5.41 Å². The zero-order valence-electron chi connectivity index (χ0n) is 17.6. The van der Waals surface area contributed by atoms with E-state index in [-0.39, 0.29) is 23.8 Å². The molecule has 0 saturated heterocycles. The van der Waals surface area contributed by atoms with Crippen LogP contribution in [0, 0.1) is 17.3 Å². The quantitative estimate of drug-likeness (QED) is 0.448. The van der Waals surface area contributed by atoms with E-state index in [1.54, 1.807) is 6.20 Å². The molecule has 4 bridgehead atoms. The summed E-state index contributed by atoms with van der Waals surface area (Å²) in [6, 6.07) is 18.4. The number of carbonyl (C=O) groups excluding carboxylic acids is 2. The van der Waals surface area contributed by atoms with Crippen molar-refractivity contribution in [1.82, 2.24) is 4.98 Å². The van der Waals surface area contributed by atoms with E-state index in [0.717, 1.165) is 30.2 Å². The maximum atomic E-state index is 13.4. The van der Waals surface area contributed by atoms with Crippen LogP contribution in [0.5, 0.6) is 0 Å². The second kappa shape index (κ2) is 6.81. The van der Waals surface area contributed by atoms with Crippen molar-refractivity contribution in [3.63, 3.8) is 0 Å². The summed E-state index contributed by atoms with van der Waals surface area (Å²) in [6.45, 7) is -0.184. The fourth-order valence-corrected chi connectivity index (χ4v) is 7.29. The number of Topliss-reactive ketones (excluding diaryl/α,β-unsaturated/α-hetero) is 1. The van der Waals surface area contributed by atoms with Crippen molar-refractivity contribution < 1.29 is 14.3 Å². The van der Waals surface area contributed by atoms with Crippen LogP contribution >= 0.6 is 0 Å². The van der Waals surface area contributed by atoms with Crippen LogP contribution < -0.4 is 0 Å². The number of benzene rings is 2. The number of H-pyrrole nitrogens is 1. The fraction of sp³-hybridized carbons (Fsp3) is 0.407. The minimum Gasteiger partial charge on any atom is -0.457 e. The number of para-hydroxylation sites is 1. The smallest absolute Gasteiger partial charge is 0.312 e. The second-order valence-corrected chi connectivity index (χ2v) is 10.1. The van der Waals surface area contributed by atoms with E-state index in [0.29, 0.717) is 17.4 Å². The Morgan fingerprint density at radius 1 is 0.935 bits per heavy atom. The molecule has 31 heavy (non-hydrogen) atoms. The third-order valence-corrected chi connectivity index (χ3v) is 8.10. The molecule has 1 aromatic heterocycles. The number of ether oxygens (including phenoxy) is 1. The number of ketones is 1. The molecule has 0 aliphatic heterocycles. The van der Waals surface area contributed by atoms with Crippen molar-refractivity contribution in [3.8, 4) is 0 Å². The van der Waals surface area contributed by atoms with Gasteiger partial charge < -0.3 is 9.72 Å². The van der Waals surface area contributed by atoms with Crippen molar-refractivity contribution in [1.29, 1.82) is 0 Å². The molecule has 2 unspecified atom stereocenters. The summed E-state index contributed by atoms with van der Waals surface area (Å²) >= 11 is 0. The van der Waals surface area contributed by atoms with Crippen molar-refractivity contribution in [3.05, 3.63) is 71.9 Å². The minimum absolute atomic E-state index is 0.0885. The molecule has 0 amide bonds. The van der Waals surface area contributed by atoms with Crippen molar-refractivity contribution in [2.45, 2.75) is 43.9 Å². The van der Waals surface area contributed by atoms with Crippen LogP contribution in [-0.2, 0) is 14.9 Å². The first-order valence-corrected chi connectivity index (χ1v) is 11.4. The van der Waals surface area contributed by atoms with Gasteiger partial charge in [0.1, 0.15) is 0 Å². The van der Waals surface area contributed by atoms with Crippen LogP contribution in [0.25, 0.3) is 10.9 Å². The first-order valence-electron chi connectivity index (χ1n) is 11.4. The molecule has 2 aromatic carbocycles. The summed E-state index contributed by atoms with van der Waals surface area (Å²) in [4.78, 5) is 29.4. The Bertz CT molecular complexity index is 1150. The lowest BCUT2D eigenvalue weighted by molar-refractivity contribution is -0.172. The van der Waals surface area contributed by atoms with Gasteiger partial charge in [-0.3, -0.25) is 9.59 Å². The van der Waals surface area contributed by atoms with E-state index in [4.69, 9.17) is 4.74 Å². The third kappa shape index (κ3) is 2.95. The van der Waals surface area contributed by atoms with Crippen molar-refractivity contribution in [2.24, 2.45) is 17.3 Å². The Morgan fingerprint density at radius 3 is 2.42 bits per heavy atom. The molecule has 7 rings (SSSR count). The highest BCUT2D eigenvalue weighted by Crippen LogP contribution is 2.66. The highest BCUT2D eigenvalue weighted by Gasteiger charge is 2.61. The van der Waals surface area contributed by atoms with E-state index < -0.39 is 5.41 Å². The van der Waals surface area contributed by atoms with Crippen LogP contribution in [0.15, 0.2) is 60.8 Å². The van der Waals surface area contributed by atoms with E-state index in [1.807, 2.05) is 24.3 Å². The molecule has 4 aliphatic carbocycles. The number of nitrogens with one attached hydrogen (secondary N) is 1. The topological polar surface area (TPSA) is 59.2 Å². The van der Waals surface area contributed by atoms with Crippen LogP contribution in [0.2, 0.25) is 0 Å². The van der Waals surface area contributed by atoms with Gasteiger partial charge >= 0.3 is 5.97 Å². The fourth-order valence-electron chi connectivity index (χ4n) is 7.29. The van der Waals surface area contributed by atoms with Crippen LogP contribution in [0.1, 0.15) is 54.4 Å².